The summed E-state index contributed by atoms with van der Waals surface area (Å²) in [7, 11) is 0. The molecule has 1 aliphatic heterocycles. The standard InChI is InChI=1S/C26H25N3O4S/c1-18-7-10-22(11-8-18)34-24-12-9-20(17-23(24)29(32)33)26(31)28-15-13-19(14-16-28)25(30)27-21-5-3-2-4-6-21/h2-12,17,19H,13-16H2,1H3,(H,27,30). The van der Waals surface area contributed by atoms with Crippen LogP contribution in [0.3, 0.4) is 0 Å². The number of anilines is 1. The Kier molecular flexibility index (Phi) is 7.27. The number of hydrogen-bond acceptors (Lipinski definition) is 5. The summed E-state index contributed by atoms with van der Waals surface area (Å²) < 4.78 is 0. The minimum atomic E-state index is -0.451. The van der Waals surface area contributed by atoms with Gasteiger partial charge < -0.3 is 10.2 Å². The van der Waals surface area contributed by atoms with E-state index < -0.39 is 4.92 Å². The third kappa shape index (κ3) is 5.63. The molecule has 0 spiro atoms. The average Bonchev–Trinajstić information content (AvgIpc) is 2.86. The fourth-order valence-electron chi connectivity index (χ4n) is 3.91. The lowest BCUT2D eigenvalue weighted by Gasteiger charge is -2.31. The number of rotatable bonds is 6. The normalized spacial score (nSPS) is 14.0. The number of carbonyl (C=O) groups is 2. The maximum absolute atomic E-state index is 13.0. The van der Waals surface area contributed by atoms with Crippen LogP contribution >= 0.6 is 11.8 Å². The summed E-state index contributed by atoms with van der Waals surface area (Å²) in [5, 5.41) is 14.6. The van der Waals surface area contributed by atoms with Gasteiger partial charge in [0, 0.05) is 41.2 Å². The molecule has 0 saturated carbocycles. The van der Waals surface area contributed by atoms with Crippen LogP contribution in [-0.2, 0) is 4.79 Å². The summed E-state index contributed by atoms with van der Waals surface area (Å²) in [5.74, 6) is -0.477. The molecule has 7 nitrogen and oxygen atoms in total. The zero-order valence-electron chi connectivity index (χ0n) is 18.8. The van der Waals surface area contributed by atoms with Gasteiger partial charge >= 0.3 is 0 Å². The monoisotopic (exact) mass is 475 g/mol. The van der Waals surface area contributed by atoms with Crippen molar-refractivity contribution in [1.29, 1.82) is 0 Å². The van der Waals surface area contributed by atoms with Crippen LogP contribution in [0.5, 0.6) is 0 Å². The number of likely N-dealkylation sites (tertiary alicyclic amines) is 1. The fraction of sp³-hybridized carbons (Fsp3) is 0.231. The first-order valence-corrected chi connectivity index (χ1v) is 11.9. The Morgan fingerprint density at radius 3 is 2.32 bits per heavy atom. The minimum absolute atomic E-state index is 0.0496. The van der Waals surface area contributed by atoms with Gasteiger partial charge in [0.2, 0.25) is 5.91 Å². The van der Waals surface area contributed by atoms with Gasteiger partial charge in [-0.3, -0.25) is 19.7 Å². The molecule has 0 bridgehead atoms. The van der Waals surface area contributed by atoms with E-state index in [0.29, 0.717) is 30.8 Å². The molecule has 1 saturated heterocycles. The van der Waals surface area contributed by atoms with E-state index in [9.17, 15) is 19.7 Å². The van der Waals surface area contributed by atoms with E-state index in [1.54, 1.807) is 17.0 Å². The predicted molar refractivity (Wildman–Crippen MR) is 132 cm³/mol. The van der Waals surface area contributed by atoms with E-state index in [2.05, 4.69) is 5.32 Å². The van der Waals surface area contributed by atoms with Crippen LogP contribution in [0.2, 0.25) is 0 Å². The second-order valence-corrected chi connectivity index (χ2v) is 9.39. The van der Waals surface area contributed by atoms with Crippen molar-refractivity contribution in [2.45, 2.75) is 29.6 Å². The predicted octanol–water partition coefficient (Wildman–Crippen LogP) is 5.55. The number of carbonyl (C=O) groups excluding carboxylic acids is 2. The maximum Gasteiger partial charge on any atom is 0.284 e. The van der Waals surface area contributed by atoms with E-state index in [0.717, 1.165) is 16.1 Å². The fourth-order valence-corrected chi connectivity index (χ4v) is 4.81. The molecule has 1 N–H and O–H groups in total. The number of nitrogens with zero attached hydrogens (tertiary/aromatic N) is 2. The van der Waals surface area contributed by atoms with Gasteiger partial charge in [-0.2, -0.15) is 0 Å². The Balaban J connectivity index is 1.40. The molecule has 1 aliphatic rings. The van der Waals surface area contributed by atoms with Crippen LogP contribution in [0.1, 0.15) is 28.8 Å². The number of benzene rings is 3. The summed E-state index contributed by atoms with van der Waals surface area (Å²) in [6.45, 7) is 2.84. The molecule has 34 heavy (non-hydrogen) atoms. The van der Waals surface area contributed by atoms with Crippen LogP contribution < -0.4 is 5.32 Å². The number of para-hydroxylation sites is 1. The quantitative estimate of drug-likeness (QED) is 0.373. The van der Waals surface area contributed by atoms with E-state index in [-0.39, 0.29) is 29.0 Å². The lowest BCUT2D eigenvalue weighted by molar-refractivity contribution is -0.387. The van der Waals surface area contributed by atoms with Crippen molar-refractivity contribution in [3.63, 3.8) is 0 Å². The van der Waals surface area contributed by atoms with E-state index in [4.69, 9.17) is 0 Å². The highest BCUT2D eigenvalue weighted by atomic mass is 32.2. The van der Waals surface area contributed by atoms with Gasteiger partial charge in [0.15, 0.2) is 0 Å². The number of aryl methyl sites for hydroxylation is 1. The van der Waals surface area contributed by atoms with Crippen molar-refractivity contribution in [3.05, 3.63) is 94.0 Å². The third-order valence-electron chi connectivity index (χ3n) is 5.85. The van der Waals surface area contributed by atoms with Gasteiger partial charge in [-0.1, -0.05) is 47.7 Å². The average molecular weight is 476 g/mol. The molecule has 8 heteroatoms. The molecule has 0 aromatic heterocycles. The summed E-state index contributed by atoms with van der Waals surface area (Å²) in [6, 6.07) is 21.7. The second-order valence-electron chi connectivity index (χ2n) is 8.28. The zero-order chi connectivity index (χ0) is 24.1. The molecule has 0 aliphatic carbocycles. The smallest absolute Gasteiger partial charge is 0.284 e. The largest absolute Gasteiger partial charge is 0.339 e. The van der Waals surface area contributed by atoms with Crippen molar-refractivity contribution in [2.24, 2.45) is 5.92 Å². The third-order valence-corrected chi connectivity index (χ3v) is 6.92. The number of piperidine rings is 1. The maximum atomic E-state index is 13.0. The Morgan fingerprint density at radius 1 is 1.00 bits per heavy atom. The van der Waals surface area contributed by atoms with Gasteiger partial charge in [0.1, 0.15) is 0 Å². The van der Waals surface area contributed by atoms with Gasteiger partial charge in [-0.15, -0.1) is 0 Å². The Morgan fingerprint density at radius 2 is 1.68 bits per heavy atom. The molecule has 1 heterocycles. The van der Waals surface area contributed by atoms with Crippen LogP contribution in [-0.4, -0.2) is 34.7 Å². The molecular weight excluding hydrogens is 450 g/mol. The lowest BCUT2D eigenvalue weighted by atomic mass is 9.95. The number of hydrogen-bond donors (Lipinski definition) is 1. The molecule has 2 amide bonds. The van der Waals surface area contributed by atoms with Gasteiger partial charge in [-0.25, -0.2) is 0 Å². The first-order chi connectivity index (χ1) is 16.4. The number of nitro benzene ring substituents is 1. The first kappa shape index (κ1) is 23.5. The Hall–Kier alpha value is -3.65. The summed E-state index contributed by atoms with van der Waals surface area (Å²) in [6.07, 6.45) is 1.10. The highest BCUT2D eigenvalue weighted by Crippen LogP contribution is 2.36. The molecule has 3 aromatic rings. The van der Waals surface area contributed by atoms with Crippen molar-refractivity contribution in [2.75, 3.05) is 18.4 Å². The van der Waals surface area contributed by atoms with Crippen molar-refractivity contribution < 1.29 is 14.5 Å². The highest BCUT2D eigenvalue weighted by Gasteiger charge is 2.29. The van der Waals surface area contributed by atoms with Gasteiger partial charge in [-0.05, 0) is 56.2 Å². The lowest BCUT2D eigenvalue weighted by Crippen LogP contribution is -2.41. The van der Waals surface area contributed by atoms with Crippen LogP contribution in [0.4, 0.5) is 11.4 Å². The van der Waals surface area contributed by atoms with Gasteiger partial charge in [0.25, 0.3) is 11.6 Å². The molecule has 3 aromatic carbocycles. The van der Waals surface area contributed by atoms with Crippen LogP contribution in [0, 0.1) is 23.0 Å². The summed E-state index contributed by atoms with van der Waals surface area (Å²) in [5.41, 5.74) is 2.06. The highest BCUT2D eigenvalue weighted by molar-refractivity contribution is 7.99. The molecule has 0 unspecified atom stereocenters. The second kappa shape index (κ2) is 10.5. The molecule has 0 atom stereocenters. The van der Waals surface area contributed by atoms with Crippen molar-refractivity contribution in [1.82, 2.24) is 4.90 Å². The van der Waals surface area contributed by atoms with Crippen molar-refractivity contribution in [3.8, 4) is 0 Å². The van der Waals surface area contributed by atoms with Crippen molar-refractivity contribution >= 4 is 35.0 Å². The van der Waals surface area contributed by atoms with E-state index >= 15 is 0 Å². The molecular formula is C26H25N3O4S. The Bertz CT molecular complexity index is 1190. The summed E-state index contributed by atoms with van der Waals surface area (Å²) in [4.78, 5) is 39.9. The summed E-state index contributed by atoms with van der Waals surface area (Å²) >= 11 is 1.30. The number of nitrogens with one attached hydrogen (secondary N) is 1. The van der Waals surface area contributed by atoms with Crippen LogP contribution in [0.25, 0.3) is 0 Å². The zero-order valence-corrected chi connectivity index (χ0v) is 19.6. The number of amides is 2. The SMILES string of the molecule is Cc1ccc(Sc2ccc(C(=O)N3CCC(C(=O)Nc4ccccc4)CC3)cc2[N+](=O)[O-])cc1. The van der Waals surface area contributed by atoms with E-state index in [1.807, 2.05) is 61.5 Å². The molecule has 4 rings (SSSR count). The van der Waals surface area contributed by atoms with E-state index in [1.165, 1.54) is 17.8 Å². The van der Waals surface area contributed by atoms with Gasteiger partial charge in [0.05, 0.1) is 9.82 Å². The van der Waals surface area contributed by atoms with Crippen LogP contribution in [0.15, 0.2) is 82.6 Å². The minimum Gasteiger partial charge on any atom is -0.339 e. The molecule has 0 radical (unpaired) electrons. The Labute approximate surface area is 202 Å². The molecule has 1 fully saturated rings. The molecule has 174 valence electrons. The first-order valence-electron chi connectivity index (χ1n) is 11.1. The topological polar surface area (TPSA) is 92.6 Å². The number of nitro groups is 1.